The van der Waals surface area contributed by atoms with Crippen molar-refractivity contribution in [1.82, 2.24) is 4.90 Å². The Morgan fingerprint density at radius 2 is 1.90 bits per heavy atom. The standard InChI is InChI=1S/C7H12BNO/c1-4-9(5-2)7(10)6(3)8/h3-5H2,1-2H3. The van der Waals surface area contributed by atoms with E-state index < -0.39 is 0 Å². The first-order valence-corrected chi connectivity index (χ1v) is 3.37. The summed E-state index contributed by atoms with van der Waals surface area (Å²) in [6.07, 6.45) is 0. The highest BCUT2D eigenvalue weighted by molar-refractivity contribution is 6.35. The molecule has 3 heteroatoms. The molecule has 0 aliphatic rings. The first-order chi connectivity index (χ1) is 4.63. The molecule has 0 aliphatic heterocycles. The highest BCUT2D eigenvalue weighted by Gasteiger charge is 2.07. The Morgan fingerprint density at radius 3 is 2.00 bits per heavy atom. The Morgan fingerprint density at radius 1 is 1.50 bits per heavy atom. The summed E-state index contributed by atoms with van der Waals surface area (Å²) in [5.74, 6) is -0.162. The van der Waals surface area contributed by atoms with Gasteiger partial charge in [0.1, 0.15) is 7.85 Å². The third kappa shape index (κ3) is 2.25. The molecule has 0 heterocycles. The number of likely N-dealkylation sites (N-methyl/N-ethyl adjacent to an activating group) is 1. The molecule has 54 valence electrons. The molecule has 2 radical (unpaired) electrons. The number of carbonyl (C=O) groups is 1. The molecule has 0 unspecified atom stereocenters. The fraction of sp³-hybridized carbons (Fsp3) is 0.571. The van der Waals surface area contributed by atoms with E-state index in [0.717, 1.165) is 0 Å². The van der Waals surface area contributed by atoms with Crippen LogP contribution in [0.2, 0.25) is 0 Å². The molecule has 0 rings (SSSR count). The van der Waals surface area contributed by atoms with Crippen molar-refractivity contribution in [2.24, 2.45) is 0 Å². The maximum atomic E-state index is 11.0. The summed E-state index contributed by atoms with van der Waals surface area (Å²) in [4.78, 5) is 12.6. The fourth-order valence-electron chi connectivity index (χ4n) is 0.714. The average molecular weight is 137 g/mol. The van der Waals surface area contributed by atoms with Crippen molar-refractivity contribution in [3.8, 4) is 0 Å². The first-order valence-electron chi connectivity index (χ1n) is 3.37. The van der Waals surface area contributed by atoms with E-state index in [1.807, 2.05) is 13.8 Å². The van der Waals surface area contributed by atoms with Gasteiger partial charge in [0.25, 0.3) is 0 Å². The van der Waals surface area contributed by atoms with Crippen LogP contribution < -0.4 is 0 Å². The molecule has 0 bridgehead atoms. The molecule has 0 saturated heterocycles. The van der Waals surface area contributed by atoms with Crippen LogP contribution in [0.5, 0.6) is 0 Å². The number of carbonyl (C=O) groups excluding carboxylic acids is 1. The van der Waals surface area contributed by atoms with E-state index in [1.54, 1.807) is 4.90 Å². The molecule has 0 aromatic carbocycles. The van der Waals surface area contributed by atoms with Crippen LogP contribution >= 0.6 is 0 Å². The summed E-state index contributed by atoms with van der Waals surface area (Å²) in [5.41, 5.74) is 0.115. The number of hydrogen-bond acceptors (Lipinski definition) is 1. The van der Waals surface area contributed by atoms with Crippen molar-refractivity contribution >= 4 is 13.8 Å². The summed E-state index contributed by atoms with van der Waals surface area (Å²) in [7, 11) is 5.20. The SMILES string of the molecule is [B]C(=C)C(=O)N(CC)CC. The minimum absolute atomic E-state index is 0.115. The lowest BCUT2D eigenvalue weighted by atomic mass is 9.96. The van der Waals surface area contributed by atoms with Crippen molar-refractivity contribution in [2.75, 3.05) is 13.1 Å². The monoisotopic (exact) mass is 137 g/mol. The van der Waals surface area contributed by atoms with Crippen LogP contribution in [0.4, 0.5) is 0 Å². The van der Waals surface area contributed by atoms with Crippen LogP contribution in [0.25, 0.3) is 0 Å². The van der Waals surface area contributed by atoms with Gasteiger partial charge in [0.2, 0.25) is 5.91 Å². The molecule has 0 aliphatic carbocycles. The number of amides is 1. The molecule has 1 amide bonds. The molecule has 0 atom stereocenters. The number of nitrogens with zero attached hydrogens (tertiary/aromatic N) is 1. The van der Waals surface area contributed by atoms with Gasteiger partial charge in [0.05, 0.1) is 0 Å². The van der Waals surface area contributed by atoms with Crippen LogP contribution in [-0.4, -0.2) is 31.7 Å². The molecule has 0 fully saturated rings. The highest BCUT2D eigenvalue weighted by atomic mass is 16.2. The maximum Gasteiger partial charge on any atom is 0.238 e. The fourth-order valence-corrected chi connectivity index (χ4v) is 0.714. The molecule has 2 nitrogen and oxygen atoms in total. The van der Waals surface area contributed by atoms with E-state index >= 15 is 0 Å². The van der Waals surface area contributed by atoms with E-state index in [2.05, 4.69) is 6.58 Å². The van der Waals surface area contributed by atoms with E-state index in [0.29, 0.717) is 13.1 Å². The summed E-state index contributed by atoms with van der Waals surface area (Å²) in [6, 6.07) is 0. The molecular weight excluding hydrogens is 125 g/mol. The predicted molar refractivity (Wildman–Crippen MR) is 42.8 cm³/mol. The van der Waals surface area contributed by atoms with E-state index in [9.17, 15) is 4.79 Å². The number of rotatable bonds is 3. The topological polar surface area (TPSA) is 20.3 Å². The van der Waals surface area contributed by atoms with Gasteiger partial charge in [0, 0.05) is 13.1 Å². The third-order valence-corrected chi connectivity index (χ3v) is 1.33. The van der Waals surface area contributed by atoms with E-state index in [4.69, 9.17) is 7.85 Å². The van der Waals surface area contributed by atoms with Crippen LogP contribution in [0.1, 0.15) is 13.8 Å². The molecule has 0 aromatic heterocycles. The van der Waals surface area contributed by atoms with Crippen molar-refractivity contribution < 1.29 is 4.79 Å². The molecular formula is C7H12BNO. The summed E-state index contributed by atoms with van der Waals surface area (Å²) in [5, 5.41) is 0. The van der Waals surface area contributed by atoms with Crippen LogP contribution in [0, 0.1) is 0 Å². The van der Waals surface area contributed by atoms with Crippen molar-refractivity contribution in [3.05, 3.63) is 12.1 Å². The third-order valence-electron chi connectivity index (χ3n) is 1.33. The van der Waals surface area contributed by atoms with Crippen molar-refractivity contribution in [3.63, 3.8) is 0 Å². The predicted octanol–water partition coefficient (Wildman–Crippen LogP) is 0.537. The number of hydrogen-bond donors (Lipinski definition) is 0. The minimum atomic E-state index is -0.162. The Labute approximate surface area is 63.3 Å². The lowest BCUT2D eigenvalue weighted by Crippen LogP contribution is -2.31. The zero-order valence-corrected chi connectivity index (χ0v) is 6.55. The van der Waals surface area contributed by atoms with Gasteiger partial charge in [-0.15, -0.1) is 6.58 Å². The van der Waals surface area contributed by atoms with Crippen LogP contribution in [-0.2, 0) is 4.79 Å². The van der Waals surface area contributed by atoms with Gasteiger partial charge in [-0.2, -0.15) is 0 Å². The molecule has 0 saturated carbocycles. The Bertz CT molecular complexity index is 141. The first kappa shape index (κ1) is 9.27. The van der Waals surface area contributed by atoms with Crippen LogP contribution in [0.3, 0.4) is 0 Å². The van der Waals surface area contributed by atoms with Gasteiger partial charge in [-0.3, -0.25) is 4.79 Å². The molecule has 10 heavy (non-hydrogen) atoms. The zero-order chi connectivity index (χ0) is 8.15. The van der Waals surface area contributed by atoms with Gasteiger partial charge >= 0.3 is 0 Å². The summed E-state index contributed by atoms with van der Waals surface area (Å²) < 4.78 is 0. The molecule has 0 aromatic rings. The minimum Gasteiger partial charge on any atom is -0.340 e. The van der Waals surface area contributed by atoms with Crippen LogP contribution in [0.15, 0.2) is 12.1 Å². The smallest absolute Gasteiger partial charge is 0.238 e. The zero-order valence-electron chi connectivity index (χ0n) is 6.55. The average Bonchev–Trinajstić information content (AvgIpc) is 1.90. The molecule has 0 spiro atoms. The Hall–Kier alpha value is -0.725. The van der Waals surface area contributed by atoms with Gasteiger partial charge in [-0.25, -0.2) is 0 Å². The van der Waals surface area contributed by atoms with Gasteiger partial charge < -0.3 is 4.90 Å². The second kappa shape index (κ2) is 4.15. The lowest BCUT2D eigenvalue weighted by Gasteiger charge is -2.18. The maximum absolute atomic E-state index is 11.0. The van der Waals surface area contributed by atoms with Gasteiger partial charge in [-0.05, 0) is 19.3 Å². The second-order valence-electron chi connectivity index (χ2n) is 2.00. The highest BCUT2D eigenvalue weighted by Crippen LogP contribution is 1.93. The summed E-state index contributed by atoms with van der Waals surface area (Å²) >= 11 is 0. The van der Waals surface area contributed by atoms with E-state index in [-0.39, 0.29) is 11.4 Å². The largest absolute Gasteiger partial charge is 0.340 e. The van der Waals surface area contributed by atoms with Gasteiger partial charge in [-0.1, -0.05) is 0 Å². The lowest BCUT2D eigenvalue weighted by molar-refractivity contribution is -0.126. The Kier molecular flexibility index (Phi) is 3.85. The molecule has 0 N–H and O–H groups in total. The Balaban J connectivity index is 4.02. The van der Waals surface area contributed by atoms with Crippen molar-refractivity contribution in [1.29, 1.82) is 0 Å². The quantitative estimate of drug-likeness (QED) is 0.410. The normalized spacial score (nSPS) is 9.00. The summed E-state index contributed by atoms with van der Waals surface area (Å²) in [6.45, 7) is 8.54. The van der Waals surface area contributed by atoms with E-state index in [1.165, 1.54) is 0 Å². The van der Waals surface area contributed by atoms with Gasteiger partial charge in [0.15, 0.2) is 0 Å². The second-order valence-corrected chi connectivity index (χ2v) is 2.00. The van der Waals surface area contributed by atoms with Crippen molar-refractivity contribution in [2.45, 2.75) is 13.8 Å².